The summed E-state index contributed by atoms with van der Waals surface area (Å²) >= 11 is 0. The maximum Gasteiger partial charge on any atom is 0.338 e. The third kappa shape index (κ3) is 4.24. The lowest BCUT2D eigenvalue weighted by Gasteiger charge is -2.22. The molecule has 1 aliphatic rings. The largest absolute Gasteiger partial charge is 0.452 e. The van der Waals surface area contributed by atoms with Crippen LogP contribution in [0.5, 0.6) is 0 Å². The van der Waals surface area contributed by atoms with E-state index in [9.17, 15) is 9.59 Å². The number of nitrogens with two attached hydrogens (primary N) is 1. The highest BCUT2D eigenvalue weighted by Gasteiger charge is 2.17. The molecule has 20 heavy (non-hydrogen) atoms. The average molecular weight is 278 g/mol. The lowest BCUT2D eigenvalue weighted by atomic mass is 10.1. The highest BCUT2D eigenvalue weighted by molar-refractivity contribution is 5.91. The predicted molar refractivity (Wildman–Crippen MR) is 73.1 cm³/mol. The fraction of sp³-hybridized carbons (Fsp3) is 0.429. The number of esters is 1. The van der Waals surface area contributed by atoms with E-state index in [2.05, 4.69) is 5.32 Å². The molecule has 3 N–H and O–H groups in total. The molecule has 1 aromatic carbocycles. The number of nitrogens with one attached hydrogen (secondary N) is 1. The van der Waals surface area contributed by atoms with Crippen molar-refractivity contribution < 1.29 is 19.1 Å². The number of carbonyl (C=O) groups is 2. The molecule has 0 unspecified atom stereocenters. The second-order valence-corrected chi connectivity index (χ2v) is 4.65. The van der Waals surface area contributed by atoms with E-state index in [1.54, 1.807) is 24.3 Å². The summed E-state index contributed by atoms with van der Waals surface area (Å²) in [5.74, 6) is -0.826. The molecule has 1 aliphatic heterocycles. The Balaban J connectivity index is 1.75. The third-order valence-corrected chi connectivity index (χ3v) is 3.07. The van der Waals surface area contributed by atoms with Gasteiger partial charge in [-0.05, 0) is 37.1 Å². The van der Waals surface area contributed by atoms with Crippen molar-refractivity contribution in [3.8, 4) is 0 Å². The number of rotatable bonds is 4. The molecule has 0 aromatic heterocycles. The monoisotopic (exact) mass is 278 g/mol. The topological polar surface area (TPSA) is 90.7 Å². The Morgan fingerprint density at radius 1 is 1.25 bits per heavy atom. The number of ether oxygens (including phenoxy) is 2. The first-order valence-electron chi connectivity index (χ1n) is 6.55. The molecule has 0 saturated carbocycles. The minimum absolute atomic E-state index is 0.103. The van der Waals surface area contributed by atoms with Gasteiger partial charge in [0, 0.05) is 24.9 Å². The van der Waals surface area contributed by atoms with Crippen LogP contribution in [0.15, 0.2) is 24.3 Å². The van der Waals surface area contributed by atoms with Gasteiger partial charge in [-0.25, -0.2) is 4.79 Å². The summed E-state index contributed by atoms with van der Waals surface area (Å²) in [5, 5.41) is 2.82. The molecular weight excluding hydrogens is 260 g/mol. The summed E-state index contributed by atoms with van der Waals surface area (Å²) < 4.78 is 10.1. The predicted octanol–water partition coefficient (Wildman–Crippen LogP) is 0.721. The number of nitrogen functional groups attached to an aromatic ring is 1. The molecule has 1 saturated heterocycles. The first-order chi connectivity index (χ1) is 9.65. The molecule has 6 nitrogen and oxygen atoms in total. The molecule has 0 aliphatic carbocycles. The number of hydrogen-bond acceptors (Lipinski definition) is 5. The Kier molecular flexibility index (Phi) is 4.95. The highest BCUT2D eigenvalue weighted by atomic mass is 16.5. The maximum absolute atomic E-state index is 11.7. The zero-order valence-corrected chi connectivity index (χ0v) is 11.1. The summed E-state index contributed by atoms with van der Waals surface area (Å²) in [5.41, 5.74) is 6.47. The molecule has 0 radical (unpaired) electrons. The molecule has 108 valence electrons. The van der Waals surface area contributed by atoms with Crippen LogP contribution in [0.3, 0.4) is 0 Å². The van der Waals surface area contributed by atoms with E-state index < -0.39 is 5.97 Å². The number of anilines is 1. The number of amides is 1. The van der Waals surface area contributed by atoms with E-state index >= 15 is 0 Å². The highest BCUT2D eigenvalue weighted by Crippen LogP contribution is 2.08. The van der Waals surface area contributed by atoms with Gasteiger partial charge in [-0.2, -0.15) is 0 Å². The molecular formula is C14H18N2O4. The third-order valence-electron chi connectivity index (χ3n) is 3.07. The average Bonchev–Trinajstić information content (AvgIpc) is 2.46. The summed E-state index contributed by atoms with van der Waals surface area (Å²) in [6.45, 7) is 1.02. The van der Waals surface area contributed by atoms with Gasteiger partial charge in [0.1, 0.15) is 0 Å². The molecule has 0 atom stereocenters. The van der Waals surface area contributed by atoms with E-state index in [1.165, 1.54) is 0 Å². The fourth-order valence-corrected chi connectivity index (χ4v) is 1.94. The fourth-order valence-electron chi connectivity index (χ4n) is 1.94. The summed E-state index contributed by atoms with van der Waals surface area (Å²) in [4.78, 5) is 23.3. The van der Waals surface area contributed by atoms with Gasteiger partial charge in [0.15, 0.2) is 6.61 Å². The van der Waals surface area contributed by atoms with Crippen LogP contribution >= 0.6 is 0 Å². The van der Waals surface area contributed by atoms with Crippen LogP contribution in [0.4, 0.5) is 5.69 Å². The van der Waals surface area contributed by atoms with Gasteiger partial charge in [0.2, 0.25) is 0 Å². The van der Waals surface area contributed by atoms with Crippen molar-refractivity contribution in [3.05, 3.63) is 29.8 Å². The van der Waals surface area contributed by atoms with Crippen molar-refractivity contribution in [1.29, 1.82) is 0 Å². The quantitative estimate of drug-likeness (QED) is 0.625. The first-order valence-corrected chi connectivity index (χ1v) is 6.55. The Bertz CT molecular complexity index is 467. The molecule has 1 amide bonds. The molecule has 6 heteroatoms. The van der Waals surface area contributed by atoms with Crippen LogP contribution in [0.1, 0.15) is 23.2 Å². The molecule has 2 rings (SSSR count). The SMILES string of the molecule is Nc1ccc(C(=O)OCC(=O)NC2CCOCC2)cc1. The van der Waals surface area contributed by atoms with E-state index in [4.69, 9.17) is 15.2 Å². The van der Waals surface area contributed by atoms with Crippen LogP contribution in [-0.2, 0) is 14.3 Å². The number of hydrogen-bond donors (Lipinski definition) is 2. The van der Waals surface area contributed by atoms with Gasteiger partial charge in [0.05, 0.1) is 5.56 Å². The molecule has 0 bridgehead atoms. The maximum atomic E-state index is 11.7. The Morgan fingerprint density at radius 3 is 2.55 bits per heavy atom. The minimum Gasteiger partial charge on any atom is -0.452 e. The van der Waals surface area contributed by atoms with Crippen LogP contribution in [0.25, 0.3) is 0 Å². The second-order valence-electron chi connectivity index (χ2n) is 4.65. The van der Waals surface area contributed by atoms with Gasteiger partial charge in [-0.1, -0.05) is 0 Å². The lowest BCUT2D eigenvalue weighted by Crippen LogP contribution is -2.40. The Morgan fingerprint density at radius 2 is 1.90 bits per heavy atom. The Hall–Kier alpha value is -2.08. The van der Waals surface area contributed by atoms with Gasteiger partial charge < -0.3 is 20.5 Å². The van der Waals surface area contributed by atoms with Gasteiger partial charge in [0.25, 0.3) is 5.91 Å². The summed E-state index contributed by atoms with van der Waals surface area (Å²) in [6.07, 6.45) is 1.58. The first kappa shape index (κ1) is 14.3. The summed E-state index contributed by atoms with van der Waals surface area (Å²) in [7, 11) is 0. The molecule has 1 fully saturated rings. The van der Waals surface area contributed by atoms with Crippen LogP contribution < -0.4 is 11.1 Å². The number of carbonyl (C=O) groups excluding carboxylic acids is 2. The smallest absolute Gasteiger partial charge is 0.338 e. The van der Waals surface area contributed by atoms with Crippen LogP contribution in [0, 0.1) is 0 Å². The lowest BCUT2D eigenvalue weighted by molar-refractivity contribution is -0.125. The zero-order chi connectivity index (χ0) is 14.4. The van der Waals surface area contributed by atoms with Crippen molar-refractivity contribution in [2.45, 2.75) is 18.9 Å². The normalized spacial score (nSPS) is 15.6. The van der Waals surface area contributed by atoms with Crippen molar-refractivity contribution in [1.82, 2.24) is 5.32 Å². The van der Waals surface area contributed by atoms with E-state index in [1.807, 2.05) is 0 Å². The molecule has 1 heterocycles. The standard InChI is InChI=1S/C14H18N2O4/c15-11-3-1-10(2-4-11)14(18)20-9-13(17)16-12-5-7-19-8-6-12/h1-4,12H,5-9,15H2,(H,16,17). The van der Waals surface area contributed by atoms with E-state index in [-0.39, 0.29) is 18.6 Å². The number of benzene rings is 1. The van der Waals surface area contributed by atoms with Crippen molar-refractivity contribution in [2.24, 2.45) is 0 Å². The molecule has 1 aromatic rings. The van der Waals surface area contributed by atoms with Gasteiger partial charge >= 0.3 is 5.97 Å². The zero-order valence-electron chi connectivity index (χ0n) is 11.1. The van der Waals surface area contributed by atoms with Crippen LogP contribution in [0.2, 0.25) is 0 Å². The van der Waals surface area contributed by atoms with Crippen molar-refractivity contribution in [3.63, 3.8) is 0 Å². The van der Waals surface area contributed by atoms with Crippen LogP contribution in [-0.4, -0.2) is 37.7 Å². The molecule has 0 spiro atoms. The minimum atomic E-state index is -0.535. The summed E-state index contributed by atoms with van der Waals surface area (Å²) in [6, 6.07) is 6.45. The van der Waals surface area contributed by atoms with Crippen molar-refractivity contribution in [2.75, 3.05) is 25.6 Å². The Labute approximate surface area is 117 Å². The van der Waals surface area contributed by atoms with E-state index in [0.29, 0.717) is 24.5 Å². The second kappa shape index (κ2) is 6.91. The van der Waals surface area contributed by atoms with E-state index in [0.717, 1.165) is 12.8 Å². The van der Waals surface area contributed by atoms with Crippen molar-refractivity contribution >= 4 is 17.6 Å². The van der Waals surface area contributed by atoms with Gasteiger partial charge in [-0.15, -0.1) is 0 Å². The van der Waals surface area contributed by atoms with Gasteiger partial charge in [-0.3, -0.25) is 4.79 Å².